The Kier molecular flexibility index (Phi) is 8.82. The van der Waals surface area contributed by atoms with Gasteiger partial charge in [-0.05, 0) is 139 Å². The van der Waals surface area contributed by atoms with Gasteiger partial charge in [0, 0.05) is 33.5 Å². The lowest BCUT2D eigenvalue weighted by molar-refractivity contribution is 1.19. The first-order valence-electron chi connectivity index (χ1n) is 24.3. The van der Waals surface area contributed by atoms with Crippen LogP contribution >= 0.6 is 0 Å². The van der Waals surface area contributed by atoms with Gasteiger partial charge in [0.05, 0.1) is 16.5 Å². The molecule has 2 heteroatoms. The van der Waals surface area contributed by atoms with Crippen molar-refractivity contribution in [1.29, 1.82) is 0 Å². The molecule has 12 rings (SSSR count). The molecule has 0 aliphatic carbocycles. The summed E-state index contributed by atoms with van der Waals surface area (Å²) in [6, 6.07) is 82.5. The second-order valence-corrected chi connectivity index (χ2v) is 16.7. The highest BCUT2D eigenvalue weighted by Gasteiger charge is 2.17. The molecule has 0 aliphatic rings. The minimum atomic E-state index is -0.130. The molecule has 0 unspecified atom stereocenters. The maximum absolute atomic E-state index is 9.74. The first kappa shape index (κ1) is 34.7. The molecule has 0 spiro atoms. The normalized spacial score (nSPS) is 12.2. The van der Waals surface area contributed by atoms with Gasteiger partial charge < -0.3 is 9.47 Å². The average Bonchev–Trinajstić information content (AvgIpc) is 3.76. The summed E-state index contributed by atoms with van der Waals surface area (Å²) in [5.41, 5.74) is 14.3. The van der Waals surface area contributed by atoms with Crippen LogP contribution < -0.4 is 4.90 Å². The minimum Gasteiger partial charge on any atom is -0.311 e. The molecule has 0 radical (unpaired) electrons. The number of para-hydroxylation sites is 1. The average molecular weight is 845 g/mol. The van der Waals surface area contributed by atoms with Crippen molar-refractivity contribution in [3.05, 3.63) is 267 Å². The summed E-state index contributed by atoms with van der Waals surface area (Å²) in [7, 11) is 0. The second-order valence-electron chi connectivity index (χ2n) is 16.7. The van der Waals surface area contributed by atoms with Crippen LogP contribution in [0.3, 0.4) is 0 Å². The van der Waals surface area contributed by atoms with Crippen molar-refractivity contribution < 1.29 is 5.48 Å². The maximum atomic E-state index is 9.74. The van der Waals surface area contributed by atoms with E-state index in [1.807, 2.05) is 95.9 Å². The Morgan fingerprint density at radius 3 is 1.36 bits per heavy atom. The van der Waals surface area contributed by atoms with Crippen molar-refractivity contribution in [2.75, 3.05) is 4.90 Å². The van der Waals surface area contributed by atoms with Gasteiger partial charge in [-0.1, -0.05) is 194 Å². The number of fused-ring (bicyclic) bond motifs is 4. The zero-order valence-corrected chi connectivity index (χ0v) is 36.0. The molecule has 0 aliphatic heterocycles. The summed E-state index contributed by atoms with van der Waals surface area (Å²) in [5, 5.41) is 4.32. The lowest BCUT2D eigenvalue weighted by Crippen LogP contribution is -2.09. The zero-order chi connectivity index (χ0) is 47.3. The fourth-order valence-corrected chi connectivity index (χ4v) is 9.29. The van der Waals surface area contributed by atoms with Gasteiger partial charge in [-0.15, -0.1) is 0 Å². The van der Waals surface area contributed by atoms with E-state index in [0.29, 0.717) is 16.9 Å². The zero-order valence-electron chi connectivity index (χ0n) is 40.0. The van der Waals surface area contributed by atoms with Crippen molar-refractivity contribution in [1.82, 2.24) is 4.57 Å². The summed E-state index contributed by atoms with van der Waals surface area (Å²) >= 11 is 0. The Morgan fingerprint density at radius 2 is 0.727 bits per heavy atom. The van der Waals surface area contributed by atoms with E-state index in [4.69, 9.17) is 0 Å². The van der Waals surface area contributed by atoms with Crippen LogP contribution in [0.2, 0.25) is 0 Å². The molecule has 1 aromatic heterocycles. The number of benzene rings is 11. The molecule has 0 amide bonds. The smallest absolute Gasteiger partial charge is 0.0645 e. The first-order valence-corrected chi connectivity index (χ1v) is 22.3. The van der Waals surface area contributed by atoms with Crippen LogP contribution in [0.5, 0.6) is 0 Å². The molecule has 0 bridgehead atoms. The second kappa shape index (κ2) is 16.8. The molecular weight excluding hydrogens is 797 g/mol. The van der Waals surface area contributed by atoms with E-state index in [1.165, 1.54) is 5.39 Å². The predicted octanol–water partition coefficient (Wildman–Crippen LogP) is 17.7. The Hall–Kier alpha value is -8.72. The van der Waals surface area contributed by atoms with Gasteiger partial charge in [-0.25, -0.2) is 0 Å². The van der Waals surface area contributed by atoms with Gasteiger partial charge in [0.1, 0.15) is 0 Å². The van der Waals surface area contributed by atoms with Gasteiger partial charge in [0.2, 0.25) is 0 Å². The molecule has 310 valence electrons. The molecule has 0 N–H and O–H groups in total. The standard InChI is InChI=1S/C64H44N2/c1-3-12-45(13-4-1)48-22-24-49(25-23-48)50-26-34-57(35-27-50)65(58-36-28-51(29-37-58)54-19-11-18-53(42-54)46-14-5-2-6-15-46)59-38-30-52(31-39-59)56-33-41-64-62(44-56)61-20-9-10-21-63(61)66(64)60-40-32-47-16-7-8-17-55(47)43-60/h1-44H/i30D,31D,38D,39D. The summed E-state index contributed by atoms with van der Waals surface area (Å²) in [6.07, 6.45) is 0. The fraction of sp³-hybridized carbons (Fsp3) is 0. The third-order valence-corrected chi connectivity index (χ3v) is 12.7. The van der Waals surface area contributed by atoms with Crippen LogP contribution in [-0.4, -0.2) is 4.57 Å². The number of hydrogen-bond donors (Lipinski definition) is 0. The third kappa shape index (κ3) is 7.31. The number of anilines is 3. The number of nitrogens with zero attached hydrogens (tertiary/aromatic N) is 2. The quantitative estimate of drug-likeness (QED) is 0.141. The Balaban J connectivity index is 0.961. The van der Waals surface area contributed by atoms with E-state index in [2.05, 4.69) is 156 Å². The maximum Gasteiger partial charge on any atom is 0.0645 e. The van der Waals surface area contributed by atoms with Crippen LogP contribution in [0, 0.1) is 0 Å². The van der Waals surface area contributed by atoms with Crippen molar-refractivity contribution >= 4 is 49.6 Å². The van der Waals surface area contributed by atoms with E-state index < -0.39 is 0 Å². The van der Waals surface area contributed by atoms with Crippen LogP contribution in [0.4, 0.5) is 17.1 Å². The summed E-state index contributed by atoms with van der Waals surface area (Å²) in [6.45, 7) is 0. The predicted molar refractivity (Wildman–Crippen MR) is 280 cm³/mol. The lowest BCUT2D eigenvalue weighted by atomic mass is 9.98. The first-order chi connectivity index (χ1) is 34.4. The number of hydrogen-bond acceptors (Lipinski definition) is 1. The fourth-order valence-electron chi connectivity index (χ4n) is 9.29. The van der Waals surface area contributed by atoms with E-state index in [9.17, 15) is 5.48 Å². The van der Waals surface area contributed by atoms with Gasteiger partial charge in [-0.2, -0.15) is 0 Å². The Labute approximate surface area is 391 Å². The monoisotopic (exact) mass is 844 g/mol. The molecule has 12 aromatic rings. The van der Waals surface area contributed by atoms with Crippen LogP contribution in [0.25, 0.3) is 93.9 Å². The van der Waals surface area contributed by atoms with Gasteiger partial charge >= 0.3 is 0 Å². The van der Waals surface area contributed by atoms with Crippen LogP contribution in [0.1, 0.15) is 5.48 Å². The van der Waals surface area contributed by atoms with Crippen molar-refractivity contribution in [3.63, 3.8) is 0 Å². The van der Waals surface area contributed by atoms with Crippen LogP contribution in [0.15, 0.2) is 267 Å². The lowest BCUT2D eigenvalue weighted by Gasteiger charge is -2.26. The SMILES string of the molecule is [2H]c1c([2H])c(N(c2ccc(-c3ccc(-c4ccccc4)cc3)cc2)c2ccc(-c3cccc(-c4ccccc4)c3)cc2)c([2H])c([2H])c1-c1ccc2c(c1)c1ccccc1n2-c1ccc2ccccc2c1. The van der Waals surface area contributed by atoms with Gasteiger partial charge in [-0.3, -0.25) is 0 Å². The molecule has 0 fully saturated rings. The van der Waals surface area contributed by atoms with E-state index in [1.54, 1.807) is 0 Å². The highest BCUT2D eigenvalue weighted by molar-refractivity contribution is 6.10. The largest absolute Gasteiger partial charge is 0.311 e. The molecule has 66 heavy (non-hydrogen) atoms. The molecule has 11 aromatic carbocycles. The summed E-state index contributed by atoms with van der Waals surface area (Å²) in [5.74, 6) is 0. The molecule has 0 saturated carbocycles. The Morgan fingerprint density at radius 1 is 0.273 bits per heavy atom. The highest BCUT2D eigenvalue weighted by atomic mass is 15.1. The van der Waals surface area contributed by atoms with E-state index in [0.717, 1.165) is 77.4 Å². The minimum absolute atomic E-state index is 0.108. The van der Waals surface area contributed by atoms with Crippen molar-refractivity contribution in [2.24, 2.45) is 0 Å². The summed E-state index contributed by atoms with van der Waals surface area (Å²) < 4.78 is 41.1. The topological polar surface area (TPSA) is 8.17 Å². The van der Waals surface area contributed by atoms with E-state index in [-0.39, 0.29) is 35.4 Å². The molecular formula is C64H44N2. The highest BCUT2D eigenvalue weighted by Crippen LogP contribution is 2.40. The summed E-state index contributed by atoms with van der Waals surface area (Å²) in [4.78, 5) is 1.86. The van der Waals surface area contributed by atoms with Crippen molar-refractivity contribution in [3.8, 4) is 61.3 Å². The number of rotatable bonds is 9. The van der Waals surface area contributed by atoms with Gasteiger partial charge in [0.15, 0.2) is 0 Å². The van der Waals surface area contributed by atoms with Crippen LogP contribution in [-0.2, 0) is 0 Å². The molecule has 0 saturated heterocycles. The molecule has 1 heterocycles. The van der Waals surface area contributed by atoms with E-state index >= 15 is 0 Å². The van der Waals surface area contributed by atoms with Crippen molar-refractivity contribution in [2.45, 2.75) is 0 Å². The number of aromatic nitrogens is 1. The Bertz CT molecular complexity index is 3870. The molecule has 2 nitrogen and oxygen atoms in total. The van der Waals surface area contributed by atoms with Gasteiger partial charge in [0.25, 0.3) is 0 Å². The third-order valence-electron chi connectivity index (χ3n) is 12.7. The molecule has 0 atom stereocenters.